The summed E-state index contributed by atoms with van der Waals surface area (Å²) >= 11 is 0. The second-order valence-electron chi connectivity index (χ2n) is 12.2. The van der Waals surface area contributed by atoms with Gasteiger partial charge in [-0.25, -0.2) is 8.78 Å². The lowest BCUT2D eigenvalue weighted by molar-refractivity contribution is 0.108. The zero-order valence-corrected chi connectivity index (χ0v) is 25.3. The van der Waals surface area contributed by atoms with E-state index < -0.39 is 35.4 Å². The third-order valence-electron chi connectivity index (χ3n) is 9.33. The average Bonchev–Trinajstić information content (AvgIpc) is 3.62. The van der Waals surface area contributed by atoms with Gasteiger partial charge in [0.2, 0.25) is 0 Å². The molecule has 0 aliphatic carbocycles. The summed E-state index contributed by atoms with van der Waals surface area (Å²) < 4.78 is 91.1. The number of rotatable bonds is 6. The molecule has 248 valence electrons. The van der Waals surface area contributed by atoms with Crippen LogP contribution in [-0.4, -0.2) is 75.9 Å². The molecule has 2 N–H and O–H groups in total. The first kappa shape index (κ1) is 31.7. The van der Waals surface area contributed by atoms with Gasteiger partial charge in [-0.3, -0.25) is 9.88 Å². The number of fused-ring (bicyclic) bond motifs is 3. The van der Waals surface area contributed by atoms with E-state index >= 15 is 4.39 Å². The number of aromatic nitrogens is 3. The Bertz CT molecular complexity index is 2060. The monoisotopic (exact) mass is 666 g/mol. The van der Waals surface area contributed by atoms with E-state index in [4.69, 9.17) is 11.2 Å². The Labute approximate surface area is 270 Å². The van der Waals surface area contributed by atoms with Crippen molar-refractivity contribution in [2.24, 2.45) is 0 Å². The molecule has 48 heavy (non-hydrogen) atoms. The van der Waals surface area contributed by atoms with Crippen molar-refractivity contribution < 1.29 is 36.2 Å². The fraction of sp³-hybridized carbons (Fsp3) is 0.324. The van der Waals surface area contributed by atoms with Crippen molar-refractivity contribution in [1.29, 1.82) is 0 Å². The van der Waals surface area contributed by atoms with Crippen LogP contribution in [0.25, 0.3) is 32.9 Å². The number of phenols is 1. The first-order valence-corrected chi connectivity index (χ1v) is 15.3. The third kappa shape index (κ3) is 5.56. The highest BCUT2D eigenvalue weighted by Crippen LogP contribution is 2.43. The van der Waals surface area contributed by atoms with Gasteiger partial charge in [0.15, 0.2) is 5.82 Å². The highest BCUT2D eigenvalue weighted by Gasteiger charge is 2.48. The molecule has 8 nitrogen and oxygen atoms in total. The number of nitrogens with zero attached hydrogens (tertiary/aromatic N) is 5. The van der Waals surface area contributed by atoms with Crippen LogP contribution in [0.1, 0.15) is 24.8 Å². The Morgan fingerprint density at radius 2 is 2.00 bits per heavy atom. The highest BCUT2D eigenvalue weighted by atomic mass is 19.3. The summed E-state index contributed by atoms with van der Waals surface area (Å²) in [5, 5.41) is 14.1. The standard InChI is InChI=1S/C34H28F6N6O2/c1-2-22-25(35)5-4-18-10-21(47)12-23(27(18)22)29-28(38)30-24(14-42-29)32(45-9-7-41-20(16-45)11-26(36)37)44-33(43-30)48-17-34-6-3-8-46(34)15-19(13-34)31(39)40/h1,4-5,10-12,14,20,41,47H,3,6-9,13,15-17H2/t20?,34-/m1/s1. The minimum atomic E-state index is -1.86. The van der Waals surface area contributed by atoms with Gasteiger partial charge in [0.1, 0.15) is 35.2 Å². The number of halogens is 6. The SMILES string of the molecule is C#Cc1c(F)ccc2cc(O)cc(-c3ncc4c(N5CCNC(C=C(F)F)C5)nc(OC[C@]56CCCN5CC(=C(F)F)C6)nc4c3F)c12. The lowest BCUT2D eigenvalue weighted by Gasteiger charge is -2.34. The number of hydrogen-bond acceptors (Lipinski definition) is 8. The molecule has 14 heteroatoms. The van der Waals surface area contributed by atoms with E-state index in [-0.39, 0.29) is 82.4 Å². The molecule has 5 heterocycles. The quantitative estimate of drug-likeness (QED) is 0.188. The van der Waals surface area contributed by atoms with Gasteiger partial charge >= 0.3 is 6.01 Å². The van der Waals surface area contributed by atoms with Crippen molar-refractivity contribution in [2.75, 3.05) is 44.2 Å². The van der Waals surface area contributed by atoms with Crippen molar-refractivity contribution in [3.63, 3.8) is 0 Å². The number of benzene rings is 2. The van der Waals surface area contributed by atoms with E-state index in [0.29, 0.717) is 31.4 Å². The Morgan fingerprint density at radius 1 is 1.17 bits per heavy atom. The van der Waals surface area contributed by atoms with Gasteiger partial charge in [0, 0.05) is 54.9 Å². The van der Waals surface area contributed by atoms with Gasteiger partial charge < -0.3 is 20.1 Å². The first-order chi connectivity index (χ1) is 23.1. The van der Waals surface area contributed by atoms with Crippen LogP contribution in [0.5, 0.6) is 11.8 Å². The summed E-state index contributed by atoms with van der Waals surface area (Å²) in [4.78, 5) is 16.9. The van der Waals surface area contributed by atoms with Gasteiger partial charge in [-0.15, -0.1) is 6.42 Å². The van der Waals surface area contributed by atoms with E-state index in [2.05, 4.69) is 26.2 Å². The van der Waals surface area contributed by atoms with Gasteiger partial charge in [0.25, 0.3) is 12.2 Å². The Hall–Kier alpha value is -4.87. The number of anilines is 1. The van der Waals surface area contributed by atoms with E-state index in [1.165, 1.54) is 24.4 Å². The van der Waals surface area contributed by atoms with Crippen LogP contribution in [0, 0.1) is 24.0 Å². The second-order valence-corrected chi connectivity index (χ2v) is 12.2. The molecule has 3 saturated heterocycles. The average molecular weight is 667 g/mol. The van der Waals surface area contributed by atoms with E-state index in [1.807, 2.05) is 4.90 Å². The minimum Gasteiger partial charge on any atom is -0.508 e. The van der Waals surface area contributed by atoms with Crippen molar-refractivity contribution in [3.05, 3.63) is 71.5 Å². The normalized spacial score (nSPS) is 21.1. The smallest absolute Gasteiger partial charge is 0.319 e. The molecule has 2 aromatic carbocycles. The molecule has 4 aromatic rings. The first-order valence-electron chi connectivity index (χ1n) is 15.3. The molecule has 0 bridgehead atoms. The molecule has 0 spiro atoms. The summed E-state index contributed by atoms with van der Waals surface area (Å²) in [6.07, 6.45) is 5.65. The zero-order valence-electron chi connectivity index (χ0n) is 25.3. The Morgan fingerprint density at radius 3 is 2.77 bits per heavy atom. The van der Waals surface area contributed by atoms with Crippen molar-refractivity contribution >= 4 is 27.5 Å². The molecular formula is C34H28F6N6O2. The summed E-state index contributed by atoms with van der Waals surface area (Å²) in [7, 11) is 0. The largest absolute Gasteiger partial charge is 0.508 e. The minimum absolute atomic E-state index is 0.0179. The molecule has 2 aromatic heterocycles. The number of ether oxygens (including phenoxy) is 1. The van der Waals surface area contributed by atoms with Crippen LogP contribution in [0.15, 0.2) is 54.3 Å². The molecule has 2 atom stereocenters. The van der Waals surface area contributed by atoms with Gasteiger partial charge in [-0.1, -0.05) is 12.0 Å². The summed E-state index contributed by atoms with van der Waals surface area (Å²) in [5.74, 6) is 0.559. The van der Waals surface area contributed by atoms with Crippen LogP contribution < -0.4 is 15.0 Å². The lowest BCUT2D eigenvalue weighted by atomic mass is 9.94. The van der Waals surface area contributed by atoms with Crippen LogP contribution in [0.4, 0.5) is 32.2 Å². The van der Waals surface area contributed by atoms with Crippen LogP contribution in [-0.2, 0) is 0 Å². The van der Waals surface area contributed by atoms with Crippen LogP contribution in [0.2, 0.25) is 0 Å². The molecular weight excluding hydrogens is 638 g/mol. The zero-order chi connectivity index (χ0) is 33.7. The molecule has 3 aliphatic heterocycles. The third-order valence-corrected chi connectivity index (χ3v) is 9.33. The van der Waals surface area contributed by atoms with Gasteiger partial charge in [-0.2, -0.15) is 27.5 Å². The second kappa shape index (κ2) is 12.3. The summed E-state index contributed by atoms with van der Waals surface area (Å²) in [5.41, 5.74) is -1.32. The van der Waals surface area contributed by atoms with Crippen LogP contribution >= 0.6 is 0 Å². The topological polar surface area (TPSA) is 86.6 Å². The van der Waals surface area contributed by atoms with E-state index in [1.54, 1.807) is 4.90 Å². The van der Waals surface area contributed by atoms with Gasteiger partial charge in [0.05, 0.1) is 16.5 Å². The summed E-state index contributed by atoms with van der Waals surface area (Å²) in [6.45, 7) is 1.37. The highest BCUT2D eigenvalue weighted by molar-refractivity contribution is 6.03. The molecule has 0 amide bonds. The number of hydrogen-bond donors (Lipinski definition) is 2. The number of piperazine rings is 1. The maximum absolute atomic E-state index is 16.7. The molecule has 3 aliphatic rings. The van der Waals surface area contributed by atoms with Crippen molar-refractivity contribution in [2.45, 2.75) is 30.8 Å². The van der Waals surface area contributed by atoms with E-state index in [0.717, 1.165) is 18.6 Å². The predicted octanol–water partition coefficient (Wildman–Crippen LogP) is 6.14. The molecule has 3 fully saturated rings. The van der Waals surface area contributed by atoms with Crippen LogP contribution in [0.3, 0.4) is 0 Å². The fourth-order valence-electron chi connectivity index (χ4n) is 7.17. The molecule has 0 radical (unpaired) electrons. The van der Waals surface area contributed by atoms with Crippen molar-refractivity contribution in [1.82, 2.24) is 25.2 Å². The number of aromatic hydroxyl groups is 1. The molecule has 0 saturated carbocycles. The summed E-state index contributed by atoms with van der Waals surface area (Å²) in [6, 6.07) is 4.15. The predicted molar refractivity (Wildman–Crippen MR) is 167 cm³/mol. The van der Waals surface area contributed by atoms with E-state index in [9.17, 15) is 27.1 Å². The number of pyridine rings is 1. The lowest BCUT2D eigenvalue weighted by Crippen LogP contribution is -2.50. The Kier molecular flexibility index (Phi) is 8.13. The maximum Gasteiger partial charge on any atom is 0.319 e. The number of nitrogens with one attached hydrogen (secondary N) is 1. The number of terminal acetylenes is 1. The van der Waals surface area contributed by atoms with Gasteiger partial charge in [-0.05, 0) is 55.5 Å². The Balaban J connectivity index is 1.37. The number of phenolic OH excluding ortho intramolecular Hbond substituents is 1. The fourth-order valence-corrected chi connectivity index (χ4v) is 7.17. The molecule has 1 unspecified atom stereocenters. The maximum atomic E-state index is 16.7. The molecule has 7 rings (SSSR count). The van der Waals surface area contributed by atoms with Crippen molar-refractivity contribution in [3.8, 4) is 35.4 Å².